The van der Waals surface area contributed by atoms with Gasteiger partial charge in [-0.2, -0.15) is 4.31 Å². The normalized spacial score (nSPS) is 22.6. The van der Waals surface area contributed by atoms with Crippen molar-refractivity contribution in [2.75, 3.05) is 26.2 Å². The summed E-state index contributed by atoms with van der Waals surface area (Å²) >= 11 is 4.53. The number of piperidine rings is 1. The van der Waals surface area contributed by atoms with Crippen LogP contribution in [0.3, 0.4) is 0 Å². The van der Waals surface area contributed by atoms with E-state index >= 15 is 0 Å². The van der Waals surface area contributed by atoms with Crippen LogP contribution in [0.4, 0.5) is 0 Å². The Morgan fingerprint density at radius 3 is 2.41 bits per heavy atom. The van der Waals surface area contributed by atoms with Gasteiger partial charge in [-0.05, 0) is 54.0 Å². The Labute approximate surface area is 142 Å². The fourth-order valence-electron chi connectivity index (χ4n) is 2.96. The SMILES string of the molecule is NC(=O)C1CCN(C2CN(S(=O)(=O)c3ccc(Br)s3)C2)CC1. The molecule has 3 rings (SSSR count). The molecule has 0 saturated carbocycles. The monoisotopic (exact) mass is 407 g/mol. The molecule has 9 heteroatoms. The van der Waals surface area contributed by atoms with Gasteiger partial charge in [0.1, 0.15) is 4.21 Å². The maximum Gasteiger partial charge on any atom is 0.252 e. The molecular weight excluding hydrogens is 390 g/mol. The molecule has 0 atom stereocenters. The zero-order chi connectivity index (χ0) is 15.9. The predicted octanol–water partition coefficient (Wildman–Crippen LogP) is 1.08. The number of nitrogens with two attached hydrogens (primary N) is 1. The van der Waals surface area contributed by atoms with Crippen molar-refractivity contribution in [3.05, 3.63) is 15.9 Å². The Kier molecular flexibility index (Phi) is 4.61. The van der Waals surface area contributed by atoms with Crippen LogP contribution in [-0.4, -0.2) is 55.8 Å². The van der Waals surface area contributed by atoms with Gasteiger partial charge in [0.05, 0.1) is 3.79 Å². The Morgan fingerprint density at radius 1 is 1.27 bits per heavy atom. The first-order valence-electron chi connectivity index (χ1n) is 7.17. The lowest BCUT2D eigenvalue weighted by atomic mass is 9.94. The highest BCUT2D eigenvalue weighted by atomic mass is 79.9. The quantitative estimate of drug-likeness (QED) is 0.808. The predicted molar refractivity (Wildman–Crippen MR) is 88.1 cm³/mol. The summed E-state index contributed by atoms with van der Waals surface area (Å²) in [5.41, 5.74) is 5.33. The van der Waals surface area contributed by atoms with Gasteiger partial charge in [0.2, 0.25) is 5.91 Å². The van der Waals surface area contributed by atoms with Gasteiger partial charge in [-0.15, -0.1) is 11.3 Å². The molecule has 2 saturated heterocycles. The maximum atomic E-state index is 12.4. The molecule has 6 nitrogen and oxygen atoms in total. The molecule has 0 aliphatic carbocycles. The molecule has 1 amide bonds. The maximum absolute atomic E-state index is 12.4. The summed E-state index contributed by atoms with van der Waals surface area (Å²) in [4.78, 5) is 13.4. The Hall–Kier alpha value is -0.480. The van der Waals surface area contributed by atoms with E-state index in [4.69, 9.17) is 5.73 Å². The summed E-state index contributed by atoms with van der Waals surface area (Å²) in [5.74, 6) is -0.250. The number of carbonyl (C=O) groups excluding carboxylic acids is 1. The van der Waals surface area contributed by atoms with E-state index in [-0.39, 0.29) is 17.9 Å². The minimum absolute atomic E-state index is 0.0281. The average molecular weight is 408 g/mol. The van der Waals surface area contributed by atoms with Crippen molar-refractivity contribution < 1.29 is 13.2 Å². The second-order valence-electron chi connectivity index (χ2n) is 5.75. The van der Waals surface area contributed by atoms with Crippen LogP contribution in [0, 0.1) is 5.92 Å². The topological polar surface area (TPSA) is 83.7 Å². The van der Waals surface area contributed by atoms with Crippen molar-refractivity contribution in [2.45, 2.75) is 23.1 Å². The molecule has 2 aliphatic rings. The lowest BCUT2D eigenvalue weighted by Gasteiger charge is -2.46. The number of sulfonamides is 1. The minimum Gasteiger partial charge on any atom is -0.369 e. The van der Waals surface area contributed by atoms with Crippen LogP contribution in [0.2, 0.25) is 0 Å². The van der Waals surface area contributed by atoms with Crippen LogP contribution >= 0.6 is 27.3 Å². The zero-order valence-electron chi connectivity index (χ0n) is 11.9. The van der Waals surface area contributed by atoms with E-state index in [9.17, 15) is 13.2 Å². The van der Waals surface area contributed by atoms with E-state index in [0.29, 0.717) is 17.3 Å². The number of halogens is 1. The number of thiophene rings is 1. The molecule has 3 heterocycles. The number of hydrogen-bond donors (Lipinski definition) is 1. The summed E-state index contributed by atoms with van der Waals surface area (Å²) in [5, 5.41) is 0. The van der Waals surface area contributed by atoms with E-state index in [1.165, 1.54) is 15.6 Å². The molecule has 22 heavy (non-hydrogen) atoms. The van der Waals surface area contributed by atoms with Crippen molar-refractivity contribution in [1.29, 1.82) is 0 Å². The molecule has 0 aromatic carbocycles. The van der Waals surface area contributed by atoms with Crippen molar-refractivity contribution in [3.8, 4) is 0 Å². The Bertz CT molecular complexity index is 662. The van der Waals surface area contributed by atoms with Crippen LogP contribution < -0.4 is 5.73 Å². The fourth-order valence-corrected chi connectivity index (χ4v) is 6.64. The van der Waals surface area contributed by atoms with Crippen LogP contribution in [0.25, 0.3) is 0 Å². The second-order valence-corrected chi connectivity index (χ2v) is 10.4. The summed E-state index contributed by atoms with van der Waals surface area (Å²) in [6.45, 7) is 2.69. The van der Waals surface area contributed by atoms with E-state index in [1.54, 1.807) is 12.1 Å². The van der Waals surface area contributed by atoms with E-state index in [1.807, 2.05) is 0 Å². The molecule has 2 N–H and O–H groups in total. The van der Waals surface area contributed by atoms with Gasteiger partial charge in [0, 0.05) is 25.0 Å². The average Bonchev–Trinajstić information content (AvgIpc) is 2.85. The van der Waals surface area contributed by atoms with Crippen molar-refractivity contribution in [2.24, 2.45) is 11.7 Å². The summed E-state index contributed by atoms with van der Waals surface area (Å²) in [7, 11) is -3.36. The molecule has 2 aliphatic heterocycles. The number of rotatable bonds is 4. The second kappa shape index (κ2) is 6.20. The molecule has 0 unspecified atom stereocenters. The molecule has 0 radical (unpaired) electrons. The van der Waals surface area contributed by atoms with Crippen molar-refractivity contribution in [3.63, 3.8) is 0 Å². The van der Waals surface area contributed by atoms with E-state index in [2.05, 4.69) is 20.8 Å². The molecule has 2 fully saturated rings. The molecule has 0 spiro atoms. The summed E-state index contributed by atoms with van der Waals surface area (Å²) in [6.07, 6.45) is 1.55. The lowest BCUT2D eigenvalue weighted by molar-refractivity contribution is -0.123. The molecule has 1 aromatic rings. The van der Waals surface area contributed by atoms with Crippen LogP contribution in [0.5, 0.6) is 0 Å². The zero-order valence-corrected chi connectivity index (χ0v) is 15.2. The Morgan fingerprint density at radius 2 is 1.91 bits per heavy atom. The number of hydrogen-bond acceptors (Lipinski definition) is 5. The molecule has 0 bridgehead atoms. The van der Waals surface area contributed by atoms with Crippen molar-refractivity contribution >= 4 is 43.2 Å². The van der Waals surface area contributed by atoms with Gasteiger partial charge in [0.25, 0.3) is 10.0 Å². The van der Waals surface area contributed by atoms with E-state index < -0.39 is 10.0 Å². The van der Waals surface area contributed by atoms with Crippen molar-refractivity contribution in [1.82, 2.24) is 9.21 Å². The third-order valence-electron chi connectivity index (χ3n) is 4.42. The van der Waals surface area contributed by atoms with Gasteiger partial charge >= 0.3 is 0 Å². The first-order valence-corrected chi connectivity index (χ1v) is 10.2. The summed E-state index contributed by atoms with van der Waals surface area (Å²) in [6, 6.07) is 3.64. The third-order valence-corrected chi connectivity index (χ3v) is 8.34. The first kappa shape index (κ1) is 16.4. The largest absolute Gasteiger partial charge is 0.369 e. The molecular formula is C13H18BrN3O3S2. The van der Waals surface area contributed by atoms with Crippen LogP contribution in [-0.2, 0) is 14.8 Å². The van der Waals surface area contributed by atoms with Gasteiger partial charge < -0.3 is 5.73 Å². The molecule has 1 aromatic heterocycles. The minimum atomic E-state index is -3.36. The number of primary amides is 1. The van der Waals surface area contributed by atoms with Crippen LogP contribution in [0.15, 0.2) is 20.1 Å². The highest BCUT2D eigenvalue weighted by Gasteiger charge is 2.41. The highest BCUT2D eigenvalue weighted by Crippen LogP contribution is 2.32. The van der Waals surface area contributed by atoms with Gasteiger partial charge in [-0.1, -0.05) is 0 Å². The number of amides is 1. The third kappa shape index (κ3) is 3.09. The van der Waals surface area contributed by atoms with Gasteiger partial charge in [0.15, 0.2) is 0 Å². The molecule has 122 valence electrons. The van der Waals surface area contributed by atoms with Gasteiger partial charge in [-0.3, -0.25) is 9.69 Å². The smallest absolute Gasteiger partial charge is 0.252 e. The summed E-state index contributed by atoms with van der Waals surface area (Å²) < 4.78 is 27.6. The Balaban J connectivity index is 1.55. The number of carbonyl (C=O) groups is 1. The van der Waals surface area contributed by atoms with E-state index in [0.717, 1.165) is 29.7 Å². The number of likely N-dealkylation sites (tertiary alicyclic amines) is 1. The standard InChI is InChI=1S/C13H18BrN3O3S2/c14-11-1-2-12(21-11)22(19,20)17-7-10(8-17)16-5-3-9(4-6-16)13(15)18/h1-2,9-10H,3-8H2,(H2,15,18). The highest BCUT2D eigenvalue weighted by molar-refractivity contribution is 9.11. The van der Waals surface area contributed by atoms with Crippen LogP contribution in [0.1, 0.15) is 12.8 Å². The number of nitrogens with zero attached hydrogens (tertiary/aromatic N) is 2. The van der Waals surface area contributed by atoms with Gasteiger partial charge in [-0.25, -0.2) is 8.42 Å². The first-order chi connectivity index (χ1) is 10.4. The fraction of sp³-hybridized carbons (Fsp3) is 0.615. The lowest BCUT2D eigenvalue weighted by Crippen LogP contribution is -2.62.